The van der Waals surface area contributed by atoms with E-state index < -0.39 is 52.4 Å². The van der Waals surface area contributed by atoms with Crippen LogP contribution in [0.2, 0.25) is 0 Å². The smallest absolute Gasteiger partial charge is 0.402 e. The molecule has 0 radical (unpaired) electrons. The molecule has 0 aliphatic rings. The van der Waals surface area contributed by atoms with Crippen LogP contribution in [0.4, 0.5) is 61.1 Å². The molecule has 0 bridgehead atoms. The number of hydrogen-bond acceptors (Lipinski definition) is 4. The Morgan fingerprint density at radius 1 is 0.846 bits per heavy atom. The Morgan fingerprint density at radius 3 is 1.42 bits per heavy atom. The van der Waals surface area contributed by atoms with Crippen LogP contribution in [0.1, 0.15) is 6.42 Å². The van der Waals surface area contributed by atoms with E-state index in [4.69, 9.17) is 0 Å². The minimum absolute atomic E-state index is 1.33. The van der Waals surface area contributed by atoms with Gasteiger partial charge in [0.25, 0.3) is 0 Å². The molecule has 19 heteroatoms. The van der Waals surface area contributed by atoms with E-state index in [0.29, 0.717) is 0 Å². The van der Waals surface area contributed by atoms with Crippen molar-refractivity contribution in [2.45, 2.75) is 30.1 Å². The van der Waals surface area contributed by atoms with Crippen LogP contribution >= 0.6 is 0 Å². The van der Waals surface area contributed by atoms with Gasteiger partial charge in [0, 0.05) is 0 Å². The molecule has 0 saturated heterocycles. The van der Waals surface area contributed by atoms with Crippen molar-refractivity contribution < 1.29 is 79.2 Å². The number of halogens is 14. The Kier molecular flexibility index (Phi) is 8.67. The molecule has 0 N–H and O–H groups in total. The topological polar surface area (TPSA) is 52.6 Å². The molecule has 0 rings (SSSR count). The van der Waals surface area contributed by atoms with Crippen molar-refractivity contribution >= 4 is 10.2 Å². The van der Waals surface area contributed by atoms with E-state index in [9.17, 15) is 69.5 Å². The fourth-order valence-electron chi connectivity index (χ4n) is 0.626. The van der Waals surface area contributed by atoms with Gasteiger partial charge < -0.3 is 4.74 Å². The Bertz CT molecular complexity index is 589. The van der Waals surface area contributed by atoms with Gasteiger partial charge in [-0.05, 0) is 4.53 Å². The van der Waals surface area contributed by atoms with E-state index >= 15 is 0 Å². The minimum atomic E-state index is -6.92. The highest BCUT2D eigenvalue weighted by Gasteiger charge is 2.69. The van der Waals surface area contributed by atoms with Crippen molar-refractivity contribution in [2.24, 2.45) is 0 Å². The molecule has 0 aromatic heterocycles. The highest BCUT2D eigenvalue weighted by molar-refractivity contribution is 7.87. The molecule has 0 aromatic rings. The molecule has 0 unspecified atom stereocenters. The third-order valence-corrected chi connectivity index (χ3v) is 2.39. The zero-order chi connectivity index (χ0) is 21.8. The first-order valence-electron chi connectivity index (χ1n) is 4.93. The summed E-state index contributed by atoms with van der Waals surface area (Å²) in [5.74, 6) is 0. The summed E-state index contributed by atoms with van der Waals surface area (Å²) in [5, 5.41) is -6.24. The second-order valence-electron chi connectivity index (χ2n) is 3.61. The summed E-state index contributed by atoms with van der Waals surface area (Å²) in [6, 6.07) is -3.03. The van der Waals surface area contributed by atoms with Gasteiger partial charge in [-0.2, -0.15) is 61.1 Å². The van der Waals surface area contributed by atoms with Crippen LogP contribution in [0.15, 0.2) is 12.1 Å². The van der Waals surface area contributed by atoms with E-state index in [1.165, 1.54) is 4.94 Å². The van der Waals surface area contributed by atoms with Crippen molar-refractivity contribution in [3.63, 3.8) is 0 Å². The maximum absolute atomic E-state index is 12.0. The average Bonchev–Trinajstić information content (AvgIpc) is 2.34. The summed E-state index contributed by atoms with van der Waals surface area (Å²) >= 11 is 0. The van der Waals surface area contributed by atoms with Crippen LogP contribution in [0.5, 0.6) is 0 Å². The van der Waals surface area contributed by atoms with Crippen LogP contribution in [-0.2, 0) is 19.9 Å². The molecule has 158 valence electrons. The van der Waals surface area contributed by atoms with E-state index in [1.807, 2.05) is 0 Å². The third-order valence-electron chi connectivity index (χ3n) is 1.54. The fraction of sp³-hybridized carbons (Fsp3) is 0.714. The van der Waals surface area contributed by atoms with Gasteiger partial charge in [-0.1, -0.05) is 3.89 Å². The number of ether oxygens (including phenoxy) is 1. The van der Waals surface area contributed by atoms with Gasteiger partial charge in [-0.25, -0.2) is 0 Å². The van der Waals surface area contributed by atoms with Gasteiger partial charge in [0.2, 0.25) is 0 Å². The highest BCUT2D eigenvalue weighted by atomic mass is 32.3. The van der Waals surface area contributed by atoms with Crippen LogP contribution in [0, 0.1) is 0 Å². The Hall–Kier alpha value is -1.53. The lowest BCUT2D eigenvalue weighted by atomic mass is 10.4. The molecule has 4 nitrogen and oxygen atoms in total. The Morgan fingerprint density at radius 2 is 1.23 bits per heavy atom. The summed E-state index contributed by atoms with van der Waals surface area (Å²) in [6.45, 7) is 0. The maximum atomic E-state index is 12.0. The quantitative estimate of drug-likeness (QED) is 0.328. The van der Waals surface area contributed by atoms with E-state index in [-0.39, 0.29) is 0 Å². The van der Waals surface area contributed by atoms with Crippen LogP contribution in [0.3, 0.4) is 0 Å². The van der Waals surface area contributed by atoms with Crippen molar-refractivity contribution in [3.8, 4) is 0 Å². The molecule has 0 aliphatic heterocycles. The second-order valence-corrected chi connectivity index (χ2v) is 5.00. The molecule has 0 spiro atoms. The van der Waals surface area contributed by atoms with Crippen LogP contribution in [0.25, 0.3) is 0 Å². The monoisotopic (exact) mass is 448 g/mol. The predicted molar refractivity (Wildman–Crippen MR) is 49.2 cm³/mol. The van der Waals surface area contributed by atoms with Crippen molar-refractivity contribution in [1.29, 1.82) is 0 Å². The van der Waals surface area contributed by atoms with E-state index in [0.717, 1.165) is 0 Å². The zero-order valence-electron chi connectivity index (χ0n) is 11.0. The van der Waals surface area contributed by atoms with E-state index in [1.54, 1.807) is 0 Å². The van der Waals surface area contributed by atoms with E-state index in [2.05, 4.69) is 4.74 Å². The van der Waals surface area contributed by atoms with Crippen LogP contribution < -0.4 is 0 Å². The van der Waals surface area contributed by atoms with Gasteiger partial charge in [-0.3, -0.25) is 0 Å². The SMILES string of the molecule is FC(F)=C(F)OC(F)(F)CC(F)(F)F.O=S(=O)(F)C(F)(F)C(F)(F)OF. The number of rotatable bonds is 6. The summed E-state index contributed by atoms with van der Waals surface area (Å²) in [7, 11) is -6.92. The standard InChI is InChI=1S/C5H2F8O.C2F6O3S/c6-2(7)3(8)14-5(12,13)1-4(9,10)11;3-1(4,11-7)2(5,6)12(8,9)10/h1H2;. The van der Waals surface area contributed by atoms with Gasteiger partial charge in [-0.15, -0.1) is 4.94 Å². The summed E-state index contributed by atoms with van der Waals surface area (Å²) in [4.78, 5) is 1.33. The van der Waals surface area contributed by atoms with Crippen molar-refractivity contribution in [3.05, 3.63) is 12.1 Å². The maximum Gasteiger partial charge on any atom is 0.468 e. The first kappa shape index (κ1) is 26.7. The first-order valence-corrected chi connectivity index (χ1v) is 6.32. The lowest BCUT2D eigenvalue weighted by molar-refractivity contribution is -0.403. The molecule has 0 atom stereocenters. The molecule has 0 aliphatic carbocycles. The molecule has 0 saturated carbocycles. The molecule has 0 fully saturated rings. The first-order chi connectivity index (χ1) is 11.1. The number of alkyl halides is 9. The van der Waals surface area contributed by atoms with Gasteiger partial charge >= 0.3 is 46.0 Å². The molecule has 0 aromatic carbocycles. The lowest BCUT2D eigenvalue weighted by Gasteiger charge is -2.17. The molecular formula is C7H2F14O4S. The van der Waals surface area contributed by atoms with Gasteiger partial charge in [0.1, 0.15) is 6.42 Å². The Balaban J connectivity index is 0. The normalized spacial score (nSPS) is 13.6. The van der Waals surface area contributed by atoms with Gasteiger partial charge in [0.05, 0.1) is 0 Å². The zero-order valence-corrected chi connectivity index (χ0v) is 11.9. The molecular weight excluding hydrogens is 446 g/mol. The predicted octanol–water partition coefficient (Wildman–Crippen LogP) is 4.96. The third kappa shape index (κ3) is 8.72. The van der Waals surface area contributed by atoms with Crippen LogP contribution in [-0.4, -0.2) is 32.1 Å². The van der Waals surface area contributed by atoms with Gasteiger partial charge in [0.15, 0.2) is 0 Å². The molecule has 0 heterocycles. The van der Waals surface area contributed by atoms with Crippen molar-refractivity contribution in [2.75, 3.05) is 0 Å². The fourth-order valence-corrected chi connectivity index (χ4v) is 0.941. The molecule has 0 amide bonds. The summed E-state index contributed by atoms with van der Waals surface area (Å²) < 4.78 is 181. The number of hydrogen-bond donors (Lipinski definition) is 0. The highest BCUT2D eigenvalue weighted by Crippen LogP contribution is 2.40. The Labute approximate surface area is 133 Å². The largest absolute Gasteiger partial charge is 0.468 e. The summed E-state index contributed by atoms with van der Waals surface area (Å²) in [6.07, 6.45) is -22.5. The molecule has 26 heavy (non-hydrogen) atoms. The second kappa shape index (κ2) is 8.44. The van der Waals surface area contributed by atoms with Crippen molar-refractivity contribution in [1.82, 2.24) is 0 Å². The average molecular weight is 448 g/mol. The summed E-state index contributed by atoms with van der Waals surface area (Å²) in [5.41, 5.74) is 0. The lowest BCUT2D eigenvalue weighted by Crippen LogP contribution is -2.45. The minimum Gasteiger partial charge on any atom is -0.402 e.